The molecule has 0 unspecified atom stereocenters. The lowest BCUT2D eigenvalue weighted by Gasteiger charge is -2.23. The first-order chi connectivity index (χ1) is 10.1. The largest absolute Gasteiger partial charge is 0.399 e. The Balaban J connectivity index is 2.33. The minimum absolute atomic E-state index is 0.0798. The van der Waals surface area contributed by atoms with Gasteiger partial charge in [-0.15, -0.1) is 0 Å². The molecule has 4 heteroatoms. The molecule has 2 aromatic rings. The zero-order valence-electron chi connectivity index (χ0n) is 12.1. The standard InChI is InChI=1S/C17H19ClN2O/c1-2-3-9-20(16-7-5-4-6-8-16)17(21)13-10-14(18)12-15(19)11-13/h4-8,10-12H,2-3,9,19H2,1H3. The molecule has 0 heterocycles. The Labute approximate surface area is 130 Å². The van der Waals surface area contributed by atoms with E-state index in [0.717, 1.165) is 18.5 Å². The maximum Gasteiger partial charge on any atom is 0.258 e. The van der Waals surface area contributed by atoms with Crippen molar-refractivity contribution in [2.75, 3.05) is 17.2 Å². The van der Waals surface area contributed by atoms with Crippen LogP contribution >= 0.6 is 11.6 Å². The molecule has 0 aromatic heterocycles. The van der Waals surface area contributed by atoms with Gasteiger partial charge < -0.3 is 10.6 Å². The van der Waals surface area contributed by atoms with Crippen LogP contribution in [-0.2, 0) is 0 Å². The smallest absolute Gasteiger partial charge is 0.258 e. The molecule has 0 aliphatic heterocycles. The van der Waals surface area contributed by atoms with E-state index in [1.165, 1.54) is 0 Å². The van der Waals surface area contributed by atoms with Crippen LogP contribution in [0.1, 0.15) is 30.1 Å². The summed E-state index contributed by atoms with van der Waals surface area (Å²) < 4.78 is 0. The Morgan fingerprint density at radius 1 is 1.19 bits per heavy atom. The predicted octanol–water partition coefficient (Wildman–Crippen LogP) is 4.37. The lowest BCUT2D eigenvalue weighted by molar-refractivity contribution is 0.0986. The first-order valence-electron chi connectivity index (χ1n) is 7.05. The maximum atomic E-state index is 12.8. The molecule has 0 atom stereocenters. The van der Waals surface area contributed by atoms with Gasteiger partial charge >= 0.3 is 0 Å². The monoisotopic (exact) mass is 302 g/mol. The van der Waals surface area contributed by atoms with Crippen LogP contribution in [0.2, 0.25) is 5.02 Å². The zero-order chi connectivity index (χ0) is 15.2. The van der Waals surface area contributed by atoms with Gasteiger partial charge in [0.15, 0.2) is 0 Å². The molecule has 1 amide bonds. The van der Waals surface area contributed by atoms with E-state index < -0.39 is 0 Å². The minimum atomic E-state index is -0.0798. The average molecular weight is 303 g/mol. The number of anilines is 2. The number of hydrogen-bond acceptors (Lipinski definition) is 2. The summed E-state index contributed by atoms with van der Waals surface area (Å²) in [5.41, 5.74) is 7.67. The number of para-hydroxylation sites is 1. The van der Waals surface area contributed by atoms with Crippen LogP contribution in [0, 0.1) is 0 Å². The molecule has 2 aromatic carbocycles. The molecular formula is C17H19ClN2O. The molecule has 0 aliphatic rings. The SMILES string of the molecule is CCCCN(C(=O)c1cc(N)cc(Cl)c1)c1ccccc1. The average Bonchev–Trinajstić information content (AvgIpc) is 2.47. The van der Waals surface area contributed by atoms with Crippen LogP contribution in [0.15, 0.2) is 48.5 Å². The summed E-state index contributed by atoms with van der Waals surface area (Å²) >= 11 is 6.00. The lowest BCUT2D eigenvalue weighted by atomic mass is 10.1. The van der Waals surface area contributed by atoms with Crippen molar-refractivity contribution in [3.8, 4) is 0 Å². The van der Waals surface area contributed by atoms with Crippen LogP contribution in [-0.4, -0.2) is 12.5 Å². The quantitative estimate of drug-likeness (QED) is 0.834. The first kappa shape index (κ1) is 15.4. The molecule has 21 heavy (non-hydrogen) atoms. The minimum Gasteiger partial charge on any atom is -0.399 e. The van der Waals surface area contributed by atoms with Gasteiger partial charge in [-0.2, -0.15) is 0 Å². The van der Waals surface area contributed by atoms with Gasteiger partial charge in [0, 0.05) is 28.5 Å². The number of nitrogens with zero attached hydrogens (tertiary/aromatic N) is 1. The Bertz CT molecular complexity index is 593. The third kappa shape index (κ3) is 3.99. The number of nitrogens with two attached hydrogens (primary N) is 1. The highest BCUT2D eigenvalue weighted by molar-refractivity contribution is 6.31. The van der Waals surface area contributed by atoms with Crippen LogP contribution in [0.4, 0.5) is 11.4 Å². The number of nitrogen functional groups attached to an aromatic ring is 1. The highest BCUT2D eigenvalue weighted by Crippen LogP contribution is 2.22. The van der Waals surface area contributed by atoms with Gasteiger partial charge in [0.2, 0.25) is 0 Å². The van der Waals surface area contributed by atoms with E-state index in [4.69, 9.17) is 17.3 Å². The Morgan fingerprint density at radius 3 is 2.52 bits per heavy atom. The lowest BCUT2D eigenvalue weighted by Crippen LogP contribution is -2.31. The fourth-order valence-electron chi connectivity index (χ4n) is 2.16. The maximum absolute atomic E-state index is 12.8. The molecular weight excluding hydrogens is 284 g/mol. The molecule has 0 saturated carbocycles. The van der Waals surface area contributed by atoms with Gasteiger partial charge in [0.25, 0.3) is 5.91 Å². The Hall–Kier alpha value is -2.00. The fourth-order valence-corrected chi connectivity index (χ4v) is 2.41. The van der Waals surface area contributed by atoms with E-state index in [1.54, 1.807) is 23.1 Å². The summed E-state index contributed by atoms with van der Waals surface area (Å²) in [7, 11) is 0. The normalized spacial score (nSPS) is 10.4. The number of benzene rings is 2. The van der Waals surface area contributed by atoms with Crippen LogP contribution < -0.4 is 10.6 Å². The van der Waals surface area contributed by atoms with Crippen molar-refractivity contribution in [3.63, 3.8) is 0 Å². The van der Waals surface area contributed by atoms with Gasteiger partial charge in [-0.1, -0.05) is 43.1 Å². The van der Waals surface area contributed by atoms with E-state index in [2.05, 4.69) is 6.92 Å². The number of hydrogen-bond donors (Lipinski definition) is 1. The predicted molar refractivity (Wildman–Crippen MR) is 88.9 cm³/mol. The fraction of sp³-hybridized carbons (Fsp3) is 0.235. The second-order valence-electron chi connectivity index (χ2n) is 4.92. The molecule has 2 N–H and O–H groups in total. The second kappa shape index (κ2) is 7.14. The molecule has 0 saturated heterocycles. The third-order valence-electron chi connectivity index (χ3n) is 3.22. The van der Waals surface area contributed by atoms with E-state index in [-0.39, 0.29) is 5.91 Å². The van der Waals surface area contributed by atoms with Crippen molar-refractivity contribution in [1.82, 2.24) is 0 Å². The molecule has 2 rings (SSSR count). The van der Waals surface area contributed by atoms with Crippen LogP contribution in [0.5, 0.6) is 0 Å². The summed E-state index contributed by atoms with van der Waals surface area (Å²) in [5, 5.41) is 0.474. The summed E-state index contributed by atoms with van der Waals surface area (Å²) in [6, 6.07) is 14.6. The van der Waals surface area contributed by atoms with E-state index in [0.29, 0.717) is 22.8 Å². The summed E-state index contributed by atoms with van der Waals surface area (Å²) in [6.07, 6.45) is 1.96. The van der Waals surface area contributed by atoms with Crippen molar-refractivity contribution in [2.24, 2.45) is 0 Å². The molecule has 0 fully saturated rings. The van der Waals surface area contributed by atoms with Gasteiger partial charge in [-0.05, 0) is 36.8 Å². The van der Waals surface area contributed by atoms with Crippen molar-refractivity contribution >= 4 is 28.9 Å². The number of halogens is 1. The molecule has 110 valence electrons. The van der Waals surface area contributed by atoms with Crippen LogP contribution in [0.3, 0.4) is 0 Å². The van der Waals surface area contributed by atoms with E-state index in [9.17, 15) is 4.79 Å². The highest BCUT2D eigenvalue weighted by Gasteiger charge is 2.17. The topological polar surface area (TPSA) is 46.3 Å². The van der Waals surface area contributed by atoms with E-state index in [1.807, 2.05) is 30.3 Å². The Morgan fingerprint density at radius 2 is 1.90 bits per heavy atom. The summed E-state index contributed by atoms with van der Waals surface area (Å²) in [5.74, 6) is -0.0798. The zero-order valence-corrected chi connectivity index (χ0v) is 12.8. The third-order valence-corrected chi connectivity index (χ3v) is 3.43. The van der Waals surface area contributed by atoms with Crippen molar-refractivity contribution in [1.29, 1.82) is 0 Å². The van der Waals surface area contributed by atoms with Gasteiger partial charge in [-0.25, -0.2) is 0 Å². The number of carbonyl (C=O) groups is 1. The summed E-state index contributed by atoms with van der Waals surface area (Å²) in [4.78, 5) is 14.5. The molecule has 0 bridgehead atoms. The first-order valence-corrected chi connectivity index (χ1v) is 7.42. The number of amides is 1. The number of carbonyl (C=O) groups excluding carboxylic acids is 1. The molecule has 0 aliphatic carbocycles. The molecule has 0 spiro atoms. The van der Waals surface area contributed by atoms with Crippen molar-refractivity contribution in [2.45, 2.75) is 19.8 Å². The van der Waals surface area contributed by atoms with Crippen molar-refractivity contribution in [3.05, 3.63) is 59.1 Å². The molecule has 0 radical (unpaired) electrons. The van der Waals surface area contributed by atoms with Crippen LogP contribution in [0.25, 0.3) is 0 Å². The number of rotatable bonds is 5. The summed E-state index contributed by atoms with van der Waals surface area (Å²) in [6.45, 7) is 2.77. The van der Waals surface area contributed by atoms with Gasteiger partial charge in [0.1, 0.15) is 0 Å². The Kier molecular flexibility index (Phi) is 5.23. The highest BCUT2D eigenvalue weighted by atomic mass is 35.5. The number of unbranched alkanes of at least 4 members (excludes halogenated alkanes) is 1. The molecule has 3 nitrogen and oxygen atoms in total. The van der Waals surface area contributed by atoms with E-state index >= 15 is 0 Å². The van der Waals surface area contributed by atoms with Crippen molar-refractivity contribution < 1.29 is 4.79 Å². The second-order valence-corrected chi connectivity index (χ2v) is 5.36. The van der Waals surface area contributed by atoms with Gasteiger partial charge in [0.05, 0.1) is 0 Å². The van der Waals surface area contributed by atoms with Gasteiger partial charge in [-0.3, -0.25) is 4.79 Å².